The number of rotatable bonds is 7. The number of carbonyl (C=O) groups is 2. The summed E-state index contributed by atoms with van der Waals surface area (Å²) in [5.41, 5.74) is 2.65. The van der Waals surface area contributed by atoms with Gasteiger partial charge >= 0.3 is 0 Å². The molecule has 0 radical (unpaired) electrons. The van der Waals surface area contributed by atoms with Crippen LogP contribution in [0.3, 0.4) is 0 Å². The zero-order valence-corrected chi connectivity index (χ0v) is 16.6. The fraction of sp³-hybridized carbons (Fsp3) is 0.167. The van der Waals surface area contributed by atoms with Gasteiger partial charge in [-0.25, -0.2) is 0 Å². The Balaban J connectivity index is 1.60. The highest BCUT2D eigenvalue weighted by Gasteiger charge is 2.15. The standard InChI is InChI=1S/C24H24N2O3/c1-26(2)24(28)21-10-6-7-11-22(21)25-23(27)19-12-14-20(15-13-19)29-17-16-18-8-4-3-5-9-18/h3-15H,16-17H2,1-2H3,(H,25,27). The predicted octanol–water partition coefficient (Wildman–Crippen LogP) is 4.26. The molecule has 0 fully saturated rings. The number of anilines is 1. The number of para-hydroxylation sites is 1. The van der Waals surface area contributed by atoms with Crippen LogP contribution in [0.1, 0.15) is 26.3 Å². The first-order valence-electron chi connectivity index (χ1n) is 9.43. The molecule has 3 aromatic carbocycles. The number of ether oxygens (including phenoxy) is 1. The third-order valence-electron chi connectivity index (χ3n) is 4.43. The van der Waals surface area contributed by atoms with E-state index in [1.54, 1.807) is 62.6 Å². The van der Waals surface area contributed by atoms with Crippen LogP contribution in [-0.2, 0) is 6.42 Å². The number of carbonyl (C=O) groups excluding carboxylic acids is 2. The van der Waals surface area contributed by atoms with Crippen LogP contribution in [-0.4, -0.2) is 37.4 Å². The van der Waals surface area contributed by atoms with Crippen molar-refractivity contribution in [2.24, 2.45) is 0 Å². The lowest BCUT2D eigenvalue weighted by molar-refractivity contribution is 0.0828. The molecule has 0 aliphatic heterocycles. The smallest absolute Gasteiger partial charge is 0.255 e. The van der Waals surface area contributed by atoms with Crippen molar-refractivity contribution in [3.8, 4) is 5.75 Å². The topological polar surface area (TPSA) is 58.6 Å². The zero-order chi connectivity index (χ0) is 20.6. The summed E-state index contributed by atoms with van der Waals surface area (Å²) >= 11 is 0. The number of nitrogens with one attached hydrogen (secondary N) is 1. The van der Waals surface area contributed by atoms with E-state index in [4.69, 9.17) is 4.74 Å². The summed E-state index contributed by atoms with van der Waals surface area (Å²) in [6.07, 6.45) is 0.819. The average Bonchev–Trinajstić information content (AvgIpc) is 2.75. The summed E-state index contributed by atoms with van der Waals surface area (Å²) in [5, 5.41) is 2.82. The lowest BCUT2D eigenvalue weighted by Gasteiger charge is -2.14. The van der Waals surface area contributed by atoms with Crippen molar-refractivity contribution in [2.75, 3.05) is 26.0 Å². The Bertz CT molecular complexity index is 967. The van der Waals surface area contributed by atoms with Crippen molar-refractivity contribution in [3.05, 3.63) is 95.6 Å². The Morgan fingerprint density at radius 3 is 2.21 bits per heavy atom. The molecule has 5 nitrogen and oxygen atoms in total. The van der Waals surface area contributed by atoms with Gasteiger partial charge in [0.05, 0.1) is 17.9 Å². The predicted molar refractivity (Wildman–Crippen MR) is 114 cm³/mol. The largest absolute Gasteiger partial charge is 0.493 e. The van der Waals surface area contributed by atoms with Crippen molar-refractivity contribution in [1.82, 2.24) is 4.90 Å². The first-order chi connectivity index (χ1) is 14.0. The van der Waals surface area contributed by atoms with Gasteiger partial charge in [-0.3, -0.25) is 9.59 Å². The number of benzene rings is 3. The average molecular weight is 388 g/mol. The number of amides is 2. The van der Waals surface area contributed by atoms with E-state index in [0.29, 0.717) is 29.2 Å². The van der Waals surface area contributed by atoms with E-state index in [9.17, 15) is 9.59 Å². The van der Waals surface area contributed by atoms with E-state index in [1.165, 1.54) is 10.5 Å². The van der Waals surface area contributed by atoms with Crippen LogP contribution in [0.15, 0.2) is 78.9 Å². The van der Waals surface area contributed by atoms with Gasteiger partial charge in [0.15, 0.2) is 0 Å². The molecule has 0 saturated carbocycles. The first-order valence-corrected chi connectivity index (χ1v) is 9.43. The Morgan fingerprint density at radius 2 is 1.52 bits per heavy atom. The maximum atomic E-state index is 12.6. The van der Waals surface area contributed by atoms with Crippen LogP contribution >= 0.6 is 0 Å². The SMILES string of the molecule is CN(C)C(=O)c1ccccc1NC(=O)c1ccc(OCCc2ccccc2)cc1. The molecule has 0 aliphatic rings. The molecule has 2 amide bonds. The minimum atomic E-state index is -0.278. The monoisotopic (exact) mass is 388 g/mol. The quantitative estimate of drug-likeness (QED) is 0.658. The normalized spacial score (nSPS) is 10.3. The molecule has 0 saturated heterocycles. The molecule has 0 spiro atoms. The Kier molecular flexibility index (Phi) is 6.63. The van der Waals surface area contributed by atoms with Crippen LogP contribution < -0.4 is 10.1 Å². The Hall–Kier alpha value is -3.60. The van der Waals surface area contributed by atoms with E-state index >= 15 is 0 Å². The van der Waals surface area contributed by atoms with Crippen LogP contribution in [0.4, 0.5) is 5.69 Å². The molecule has 0 aromatic heterocycles. The van der Waals surface area contributed by atoms with Gasteiger partial charge in [0.25, 0.3) is 11.8 Å². The van der Waals surface area contributed by atoms with E-state index in [2.05, 4.69) is 17.4 Å². The van der Waals surface area contributed by atoms with Gasteiger partial charge in [-0.15, -0.1) is 0 Å². The van der Waals surface area contributed by atoms with Gasteiger partial charge in [0, 0.05) is 26.1 Å². The van der Waals surface area contributed by atoms with Gasteiger partial charge in [-0.1, -0.05) is 42.5 Å². The van der Waals surface area contributed by atoms with Crippen molar-refractivity contribution in [2.45, 2.75) is 6.42 Å². The lowest BCUT2D eigenvalue weighted by Crippen LogP contribution is -2.24. The molecule has 148 valence electrons. The van der Waals surface area contributed by atoms with Gasteiger partial charge in [-0.2, -0.15) is 0 Å². The Morgan fingerprint density at radius 1 is 0.862 bits per heavy atom. The third kappa shape index (κ3) is 5.45. The molecule has 5 heteroatoms. The number of hydrogen-bond donors (Lipinski definition) is 1. The highest BCUT2D eigenvalue weighted by molar-refractivity contribution is 6.08. The number of hydrogen-bond acceptors (Lipinski definition) is 3. The van der Waals surface area contributed by atoms with Crippen molar-refractivity contribution < 1.29 is 14.3 Å². The van der Waals surface area contributed by atoms with E-state index < -0.39 is 0 Å². The second-order valence-corrected chi connectivity index (χ2v) is 6.81. The summed E-state index contributed by atoms with van der Waals surface area (Å²) in [5.74, 6) is 0.267. The second kappa shape index (κ2) is 9.55. The summed E-state index contributed by atoms with van der Waals surface area (Å²) in [7, 11) is 3.36. The highest BCUT2D eigenvalue weighted by Crippen LogP contribution is 2.19. The maximum Gasteiger partial charge on any atom is 0.255 e. The summed E-state index contributed by atoms with van der Waals surface area (Å²) in [6, 6.07) is 24.1. The molecule has 3 aromatic rings. The molecular formula is C24H24N2O3. The maximum absolute atomic E-state index is 12.6. The molecular weight excluding hydrogens is 364 g/mol. The number of nitrogens with zero attached hydrogens (tertiary/aromatic N) is 1. The van der Waals surface area contributed by atoms with Crippen LogP contribution in [0.25, 0.3) is 0 Å². The zero-order valence-electron chi connectivity index (χ0n) is 16.6. The minimum Gasteiger partial charge on any atom is -0.493 e. The molecule has 0 bridgehead atoms. The van der Waals surface area contributed by atoms with E-state index in [1.807, 2.05) is 18.2 Å². The molecule has 3 rings (SSSR count). The van der Waals surface area contributed by atoms with Crippen LogP contribution in [0, 0.1) is 0 Å². The molecule has 1 N–H and O–H groups in total. The second-order valence-electron chi connectivity index (χ2n) is 6.81. The Labute approximate surface area is 170 Å². The lowest BCUT2D eigenvalue weighted by atomic mass is 10.1. The van der Waals surface area contributed by atoms with Crippen molar-refractivity contribution in [3.63, 3.8) is 0 Å². The van der Waals surface area contributed by atoms with Crippen molar-refractivity contribution in [1.29, 1.82) is 0 Å². The fourth-order valence-electron chi connectivity index (χ4n) is 2.85. The molecule has 0 heterocycles. The minimum absolute atomic E-state index is 0.164. The molecule has 0 aliphatic carbocycles. The fourth-order valence-corrected chi connectivity index (χ4v) is 2.85. The third-order valence-corrected chi connectivity index (χ3v) is 4.43. The first kappa shape index (κ1) is 20.1. The van der Waals surface area contributed by atoms with Crippen molar-refractivity contribution >= 4 is 17.5 Å². The summed E-state index contributed by atoms with van der Waals surface area (Å²) in [6.45, 7) is 0.565. The van der Waals surface area contributed by atoms with Gasteiger partial charge in [-0.05, 0) is 42.0 Å². The van der Waals surface area contributed by atoms with Crippen LogP contribution in [0.2, 0.25) is 0 Å². The van der Waals surface area contributed by atoms with E-state index in [0.717, 1.165) is 6.42 Å². The van der Waals surface area contributed by atoms with Crippen LogP contribution in [0.5, 0.6) is 5.75 Å². The van der Waals surface area contributed by atoms with Gasteiger partial charge in [0.2, 0.25) is 0 Å². The highest BCUT2D eigenvalue weighted by atomic mass is 16.5. The molecule has 0 atom stereocenters. The molecule has 29 heavy (non-hydrogen) atoms. The summed E-state index contributed by atoms with van der Waals surface area (Å²) < 4.78 is 5.76. The van der Waals surface area contributed by atoms with E-state index in [-0.39, 0.29) is 11.8 Å². The van der Waals surface area contributed by atoms with Gasteiger partial charge < -0.3 is 15.0 Å². The molecule has 0 unspecified atom stereocenters. The summed E-state index contributed by atoms with van der Waals surface area (Å²) in [4.78, 5) is 26.4. The van der Waals surface area contributed by atoms with Gasteiger partial charge in [0.1, 0.15) is 5.75 Å².